The summed E-state index contributed by atoms with van der Waals surface area (Å²) in [5.74, 6) is -0.941. The Balaban J connectivity index is 1.55. The van der Waals surface area contributed by atoms with E-state index in [0.717, 1.165) is 0 Å². The van der Waals surface area contributed by atoms with Crippen LogP contribution in [0.1, 0.15) is 21.0 Å². The first-order valence-electron chi connectivity index (χ1n) is 8.21. The van der Waals surface area contributed by atoms with Gasteiger partial charge in [-0.25, -0.2) is 9.78 Å². The number of nitrogens with one attached hydrogen (secondary N) is 3. The number of aromatic amines is 2. The second-order valence-electron chi connectivity index (χ2n) is 5.89. The molecular formula is C19H14N4O4S. The molecule has 0 radical (unpaired) electrons. The summed E-state index contributed by atoms with van der Waals surface area (Å²) in [4.78, 5) is 45.9. The normalized spacial score (nSPS) is 10.8. The van der Waals surface area contributed by atoms with Crippen molar-refractivity contribution in [3.63, 3.8) is 0 Å². The van der Waals surface area contributed by atoms with E-state index in [-0.39, 0.29) is 11.3 Å². The molecular weight excluding hydrogens is 380 g/mol. The molecule has 0 aliphatic carbocycles. The highest BCUT2D eigenvalue weighted by atomic mass is 32.1. The molecule has 9 heteroatoms. The van der Waals surface area contributed by atoms with Crippen molar-refractivity contribution in [1.29, 1.82) is 0 Å². The summed E-state index contributed by atoms with van der Waals surface area (Å²) in [5, 5.41) is 6.00. The monoisotopic (exact) mass is 394 g/mol. The summed E-state index contributed by atoms with van der Waals surface area (Å²) < 4.78 is 4.66. The Labute approximate surface area is 162 Å². The molecule has 0 unspecified atom stereocenters. The Kier molecular flexibility index (Phi) is 4.50. The molecule has 1 amide bonds. The molecule has 0 aliphatic heterocycles. The highest BCUT2D eigenvalue weighted by molar-refractivity contribution is 7.14. The van der Waals surface area contributed by atoms with Crippen molar-refractivity contribution in [2.24, 2.45) is 0 Å². The molecule has 3 N–H and O–H groups in total. The summed E-state index contributed by atoms with van der Waals surface area (Å²) in [6, 6.07) is 10.3. The van der Waals surface area contributed by atoms with Crippen LogP contribution >= 0.6 is 11.3 Å². The van der Waals surface area contributed by atoms with Crippen molar-refractivity contribution in [3.8, 4) is 11.3 Å². The Bertz CT molecular complexity index is 1250. The minimum atomic E-state index is -0.477. The molecule has 140 valence electrons. The van der Waals surface area contributed by atoms with E-state index in [1.807, 2.05) is 0 Å². The number of hydrogen-bond donors (Lipinski definition) is 3. The standard InChI is InChI=1S/C19H14N4O4S/c1-27-18(26)14-7-11(8-20-14)15-9-28-19(22-15)23-17(25)13-6-10-4-2-3-5-12(10)16(24)21-13/h2-9,20H,1H3,(H,21,24)(H,22,23,25). The lowest BCUT2D eigenvalue weighted by atomic mass is 10.1. The van der Waals surface area contributed by atoms with Gasteiger partial charge in [0.2, 0.25) is 0 Å². The first kappa shape index (κ1) is 17.7. The van der Waals surface area contributed by atoms with Crippen LogP contribution in [0.15, 0.2) is 52.8 Å². The lowest BCUT2D eigenvalue weighted by molar-refractivity contribution is 0.0594. The molecule has 0 atom stereocenters. The lowest BCUT2D eigenvalue weighted by Crippen LogP contribution is -2.18. The first-order chi connectivity index (χ1) is 13.5. The maximum Gasteiger partial charge on any atom is 0.354 e. The number of thiazole rings is 1. The topological polar surface area (TPSA) is 117 Å². The number of methoxy groups -OCH3 is 1. The first-order valence-corrected chi connectivity index (χ1v) is 9.09. The van der Waals surface area contributed by atoms with Crippen LogP contribution in [-0.4, -0.2) is 33.9 Å². The fourth-order valence-corrected chi connectivity index (χ4v) is 3.45. The highest BCUT2D eigenvalue weighted by Crippen LogP contribution is 2.26. The van der Waals surface area contributed by atoms with Gasteiger partial charge in [0.1, 0.15) is 11.4 Å². The molecule has 0 spiro atoms. The molecule has 28 heavy (non-hydrogen) atoms. The maximum atomic E-state index is 12.5. The van der Waals surface area contributed by atoms with Gasteiger partial charge in [-0.05, 0) is 23.6 Å². The Morgan fingerprint density at radius 2 is 2.00 bits per heavy atom. The van der Waals surface area contributed by atoms with Gasteiger partial charge in [0, 0.05) is 22.5 Å². The average molecular weight is 394 g/mol. The van der Waals surface area contributed by atoms with Crippen molar-refractivity contribution in [3.05, 3.63) is 69.7 Å². The SMILES string of the molecule is COC(=O)c1cc(-c2csc(NC(=O)c3cc4ccccc4c(=O)[nH]3)n2)c[nH]1. The van der Waals surface area contributed by atoms with E-state index in [4.69, 9.17) is 0 Å². The van der Waals surface area contributed by atoms with Gasteiger partial charge in [-0.1, -0.05) is 18.2 Å². The molecule has 0 saturated heterocycles. The van der Waals surface area contributed by atoms with Gasteiger partial charge in [-0.15, -0.1) is 11.3 Å². The van der Waals surface area contributed by atoms with E-state index in [2.05, 4.69) is 25.0 Å². The minimum absolute atomic E-state index is 0.148. The predicted molar refractivity (Wildman–Crippen MR) is 106 cm³/mol. The third-order valence-electron chi connectivity index (χ3n) is 4.11. The van der Waals surface area contributed by atoms with E-state index in [1.165, 1.54) is 18.4 Å². The van der Waals surface area contributed by atoms with Crippen LogP contribution in [0.3, 0.4) is 0 Å². The van der Waals surface area contributed by atoms with Crippen LogP contribution in [0.25, 0.3) is 22.0 Å². The van der Waals surface area contributed by atoms with Gasteiger partial charge in [-0.3, -0.25) is 14.9 Å². The summed E-state index contributed by atoms with van der Waals surface area (Å²) in [6.45, 7) is 0. The Morgan fingerprint density at radius 3 is 2.82 bits per heavy atom. The van der Waals surface area contributed by atoms with E-state index >= 15 is 0 Å². The number of benzene rings is 1. The number of rotatable bonds is 4. The molecule has 3 heterocycles. The van der Waals surface area contributed by atoms with Crippen LogP contribution in [-0.2, 0) is 4.74 Å². The van der Waals surface area contributed by atoms with Crippen LogP contribution in [0, 0.1) is 0 Å². The number of carbonyl (C=O) groups is 2. The second-order valence-corrected chi connectivity index (χ2v) is 6.74. The second kappa shape index (κ2) is 7.12. The largest absolute Gasteiger partial charge is 0.464 e. The van der Waals surface area contributed by atoms with Crippen LogP contribution < -0.4 is 10.9 Å². The van der Waals surface area contributed by atoms with Gasteiger partial charge < -0.3 is 14.7 Å². The van der Waals surface area contributed by atoms with Crippen molar-refractivity contribution < 1.29 is 14.3 Å². The number of nitrogens with zero attached hydrogens (tertiary/aromatic N) is 1. The van der Waals surface area contributed by atoms with Gasteiger partial charge in [-0.2, -0.15) is 0 Å². The number of amides is 1. The van der Waals surface area contributed by atoms with Crippen molar-refractivity contribution in [2.75, 3.05) is 12.4 Å². The lowest BCUT2D eigenvalue weighted by Gasteiger charge is -2.03. The van der Waals surface area contributed by atoms with Crippen LogP contribution in [0.4, 0.5) is 5.13 Å². The van der Waals surface area contributed by atoms with E-state index in [0.29, 0.717) is 32.9 Å². The summed E-state index contributed by atoms with van der Waals surface area (Å²) in [6.07, 6.45) is 1.63. The molecule has 8 nitrogen and oxygen atoms in total. The molecule has 0 aliphatic rings. The number of carbonyl (C=O) groups excluding carboxylic acids is 2. The maximum absolute atomic E-state index is 12.5. The summed E-state index contributed by atoms with van der Waals surface area (Å²) in [7, 11) is 1.30. The Morgan fingerprint density at radius 1 is 1.18 bits per heavy atom. The molecule has 1 aromatic carbocycles. The minimum Gasteiger partial charge on any atom is -0.464 e. The number of ether oxygens (including phenoxy) is 1. The molecule has 0 saturated carbocycles. The summed E-state index contributed by atoms with van der Waals surface area (Å²) >= 11 is 1.23. The fraction of sp³-hybridized carbons (Fsp3) is 0.0526. The van der Waals surface area contributed by atoms with Crippen molar-refractivity contribution >= 4 is 39.1 Å². The average Bonchev–Trinajstić information content (AvgIpc) is 3.37. The number of pyridine rings is 1. The molecule has 3 aromatic heterocycles. The molecule has 0 bridgehead atoms. The highest BCUT2D eigenvalue weighted by Gasteiger charge is 2.14. The summed E-state index contributed by atoms with van der Waals surface area (Å²) in [5.41, 5.74) is 1.42. The van der Waals surface area contributed by atoms with Gasteiger partial charge >= 0.3 is 5.97 Å². The number of anilines is 1. The van der Waals surface area contributed by atoms with Gasteiger partial charge in [0.15, 0.2) is 5.13 Å². The Hall–Kier alpha value is -3.72. The number of hydrogen-bond acceptors (Lipinski definition) is 6. The third kappa shape index (κ3) is 3.30. The van der Waals surface area contributed by atoms with Gasteiger partial charge in [0.25, 0.3) is 11.5 Å². The number of H-pyrrole nitrogens is 2. The van der Waals surface area contributed by atoms with Crippen molar-refractivity contribution in [1.82, 2.24) is 15.0 Å². The zero-order chi connectivity index (χ0) is 19.7. The van der Waals surface area contributed by atoms with Crippen LogP contribution in [0.5, 0.6) is 0 Å². The van der Waals surface area contributed by atoms with Gasteiger partial charge in [0.05, 0.1) is 12.8 Å². The van der Waals surface area contributed by atoms with Crippen LogP contribution in [0.2, 0.25) is 0 Å². The predicted octanol–water partition coefficient (Wildman–Crippen LogP) is 3.02. The zero-order valence-corrected chi connectivity index (χ0v) is 15.4. The molecule has 4 aromatic rings. The van der Waals surface area contributed by atoms with Crippen molar-refractivity contribution in [2.45, 2.75) is 0 Å². The number of aromatic nitrogens is 3. The van der Waals surface area contributed by atoms with E-state index in [1.54, 1.807) is 48.0 Å². The fourth-order valence-electron chi connectivity index (χ4n) is 2.73. The number of fused-ring (bicyclic) bond motifs is 1. The zero-order valence-electron chi connectivity index (χ0n) is 14.6. The quantitative estimate of drug-likeness (QED) is 0.460. The third-order valence-corrected chi connectivity index (χ3v) is 4.86. The number of esters is 1. The van der Waals surface area contributed by atoms with E-state index in [9.17, 15) is 14.4 Å². The molecule has 4 rings (SSSR count). The smallest absolute Gasteiger partial charge is 0.354 e. The van der Waals surface area contributed by atoms with E-state index < -0.39 is 11.9 Å². The molecule has 0 fully saturated rings.